The zero-order valence-electron chi connectivity index (χ0n) is 19.9. The van der Waals surface area contributed by atoms with Gasteiger partial charge in [-0.2, -0.15) is 0 Å². The van der Waals surface area contributed by atoms with Crippen LogP contribution in [0.5, 0.6) is 0 Å². The van der Waals surface area contributed by atoms with Crippen molar-refractivity contribution < 1.29 is 24.6 Å². The van der Waals surface area contributed by atoms with Crippen molar-refractivity contribution in [2.24, 2.45) is 0 Å². The number of benzene rings is 1. The number of aromatic nitrogens is 2. The Kier molecular flexibility index (Phi) is 9.68. The van der Waals surface area contributed by atoms with Crippen molar-refractivity contribution in [3.8, 4) is 0 Å². The van der Waals surface area contributed by atoms with Gasteiger partial charge >= 0.3 is 5.97 Å². The second-order valence-corrected chi connectivity index (χ2v) is 8.77. The number of piperidine rings is 1. The van der Waals surface area contributed by atoms with Gasteiger partial charge in [0, 0.05) is 30.1 Å². The third kappa shape index (κ3) is 8.11. The topological polar surface area (TPSA) is 154 Å². The number of carboxylic acids is 1. The molecule has 5 N–H and O–H groups in total. The minimum absolute atomic E-state index is 0.0677. The Balaban J connectivity index is 1.54. The van der Waals surface area contributed by atoms with Gasteiger partial charge in [-0.25, -0.2) is 14.8 Å². The molecule has 2 heterocycles. The number of aliphatic hydroxyl groups is 1. The summed E-state index contributed by atoms with van der Waals surface area (Å²) >= 11 is 0. The van der Waals surface area contributed by atoms with Crippen LogP contribution < -0.4 is 16.0 Å². The van der Waals surface area contributed by atoms with Gasteiger partial charge in [0.2, 0.25) is 11.8 Å². The molecule has 1 aromatic carbocycles. The fourth-order valence-corrected chi connectivity index (χ4v) is 4.07. The number of rotatable bonds is 11. The van der Waals surface area contributed by atoms with Crippen LogP contribution in [-0.4, -0.2) is 69.7 Å². The smallest absolute Gasteiger partial charge is 0.326 e. The van der Waals surface area contributed by atoms with Crippen molar-refractivity contribution in [2.45, 2.75) is 57.0 Å². The van der Waals surface area contributed by atoms with Gasteiger partial charge in [-0.1, -0.05) is 30.3 Å². The number of aryl methyl sites for hydroxylation is 2. The zero-order chi connectivity index (χ0) is 25.2. The van der Waals surface area contributed by atoms with E-state index in [-0.39, 0.29) is 12.8 Å². The number of carboxylic acid groups (broad SMARTS) is 1. The third-order valence-electron chi connectivity index (χ3n) is 5.97. The second-order valence-electron chi connectivity index (χ2n) is 8.77. The van der Waals surface area contributed by atoms with E-state index in [4.69, 9.17) is 0 Å². The molecule has 35 heavy (non-hydrogen) atoms. The average molecular weight is 484 g/mol. The predicted molar refractivity (Wildman–Crippen MR) is 129 cm³/mol. The van der Waals surface area contributed by atoms with Crippen LogP contribution in [0.15, 0.2) is 36.4 Å². The number of nitrogens with zero attached hydrogens (tertiary/aromatic N) is 2. The minimum atomic E-state index is -1.25. The van der Waals surface area contributed by atoms with E-state index in [1.54, 1.807) is 24.3 Å². The van der Waals surface area contributed by atoms with Crippen molar-refractivity contribution in [3.05, 3.63) is 59.2 Å². The summed E-state index contributed by atoms with van der Waals surface area (Å²) in [6.45, 7) is 3.11. The molecule has 0 aliphatic carbocycles. The Morgan fingerprint density at radius 3 is 2.46 bits per heavy atom. The molecule has 0 unspecified atom stereocenters. The Hall–Kier alpha value is -3.37. The number of carbonyl (C=O) groups is 3. The highest BCUT2D eigenvalue weighted by molar-refractivity contribution is 5.90. The van der Waals surface area contributed by atoms with E-state index in [0.717, 1.165) is 48.7 Å². The van der Waals surface area contributed by atoms with Crippen molar-refractivity contribution in [1.29, 1.82) is 0 Å². The lowest BCUT2D eigenvalue weighted by atomic mass is 9.97. The molecule has 3 rings (SSSR count). The molecule has 1 aromatic heterocycles. The molecule has 10 heteroatoms. The molecule has 2 atom stereocenters. The van der Waals surface area contributed by atoms with Crippen LogP contribution in [0.4, 0.5) is 0 Å². The lowest BCUT2D eigenvalue weighted by molar-refractivity contribution is -0.142. The SMILES string of the molecule is Cc1cc(CCC(=O)N[C@@H](CO)C(=O)N[C@@H](Cc2ccccc2)C(=O)O)nc(C2CCNCC2)n1. The first-order chi connectivity index (χ1) is 16.9. The van der Waals surface area contributed by atoms with Crippen molar-refractivity contribution in [2.75, 3.05) is 19.7 Å². The van der Waals surface area contributed by atoms with Crippen LogP contribution in [0.1, 0.15) is 48.0 Å². The van der Waals surface area contributed by atoms with E-state index < -0.39 is 36.5 Å². The Morgan fingerprint density at radius 1 is 1.09 bits per heavy atom. The molecule has 10 nitrogen and oxygen atoms in total. The van der Waals surface area contributed by atoms with Gasteiger partial charge in [0.15, 0.2) is 0 Å². The summed E-state index contributed by atoms with van der Waals surface area (Å²) in [7, 11) is 0. The van der Waals surface area contributed by atoms with Crippen molar-refractivity contribution in [1.82, 2.24) is 25.9 Å². The summed E-state index contributed by atoms with van der Waals surface area (Å²) in [5, 5.41) is 27.4. The summed E-state index contributed by atoms with van der Waals surface area (Å²) in [6, 6.07) is 8.30. The Bertz CT molecular complexity index is 1010. The predicted octanol–water partition coefficient (Wildman–Crippen LogP) is 0.474. The number of hydrogen-bond donors (Lipinski definition) is 5. The lowest BCUT2D eigenvalue weighted by Gasteiger charge is -2.22. The number of nitrogens with one attached hydrogen (secondary N) is 3. The number of carbonyl (C=O) groups excluding carboxylic acids is 2. The first-order valence-corrected chi connectivity index (χ1v) is 11.9. The second kappa shape index (κ2) is 12.9. The first-order valence-electron chi connectivity index (χ1n) is 11.9. The maximum atomic E-state index is 12.6. The lowest BCUT2D eigenvalue weighted by Crippen LogP contribution is -2.53. The molecule has 2 aromatic rings. The number of amides is 2. The van der Waals surface area contributed by atoms with Gasteiger partial charge in [-0.3, -0.25) is 9.59 Å². The monoisotopic (exact) mass is 483 g/mol. The summed E-state index contributed by atoms with van der Waals surface area (Å²) in [4.78, 5) is 45.9. The van der Waals surface area contributed by atoms with E-state index in [0.29, 0.717) is 12.3 Å². The standard InChI is InChI=1S/C25H33N5O5/c1-16-13-19(28-23(27-16)18-9-11-26-12-10-18)7-8-22(32)29-21(15-31)24(33)30-20(25(34)35)14-17-5-3-2-4-6-17/h2-6,13,18,20-21,26,31H,7-12,14-15H2,1H3,(H,29,32)(H,30,33)(H,34,35)/t20-,21-/m0/s1. The molecular formula is C25H33N5O5. The fraction of sp³-hybridized carbons (Fsp3) is 0.480. The van der Waals surface area contributed by atoms with Crippen LogP contribution in [-0.2, 0) is 27.2 Å². The highest BCUT2D eigenvalue weighted by Crippen LogP contribution is 2.22. The quantitative estimate of drug-likeness (QED) is 0.309. The van der Waals surface area contributed by atoms with Gasteiger partial charge in [0.05, 0.1) is 6.61 Å². The van der Waals surface area contributed by atoms with Crippen LogP contribution >= 0.6 is 0 Å². The summed E-state index contributed by atoms with van der Waals surface area (Å²) in [5.74, 6) is -1.30. The van der Waals surface area contributed by atoms with Gasteiger partial charge in [0.1, 0.15) is 17.9 Å². The van der Waals surface area contributed by atoms with Crippen molar-refractivity contribution >= 4 is 17.8 Å². The van der Waals surface area contributed by atoms with E-state index in [1.165, 1.54) is 0 Å². The van der Waals surface area contributed by atoms with Gasteiger partial charge in [0.25, 0.3) is 0 Å². The average Bonchev–Trinajstić information content (AvgIpc) is 2.86. The van der Waals surface area contributed by atoms with E-state index in [2.05, 4.69) is 25.9 Å². The minimum Gasteiger partial charge on any atom is -0.480 e. The first kappa shape index (κ1) is 26.2. The molecule has 1 fully saturated rings. The largest absolute Gasteiger partial charge is 0.480 e. The molecular weight excluding hydrogens is 450 g/mol. The fourth-order valence-electron chi connectivity index (χ4n) is 4.07. The van der Waals surface area contributed by atoms with Crippen LogP contribution in [0.3, 0.4) is 0 Å². The van der Waals surface area contributed by atoms with Gasteiger partial charge < -0.3 is 26.2 Å². The highest BCUT2D eigenvalue weighted by atomic mass is 16.4. The molecule has 1 aliphatic rings. The summed E-state index contributed by atoms with van der Waals surface area (Å²) in [6.07, 6.45) is 2.45. The Morgan fingerprint density at radius 2 is 1.80 bits per heavy atom. The maximum absolute atomic E-state index is 12.6. The molecule has 0 radical (unpaired) electrons. The van der Waals surface area contributed by atoms with Crippen LogP contribution in [0, 0.1) is 6.92 Å². The Labute approximate surface area is 204 Å². The van der Waals surface area contributed by atoms with E-state index >= 15 is 0 Å². The molecule has 0 bridgehead atoms. The molecule has 0 spiro atoms. The van der Waals surface area contributed by atoms with E-state index in [1.807, 2.05) is 19.1 Å². The van der Waals surface area contributed by atoms with E-state index in [9.17, 15) is 24.6 Å². The summed E-state index contributed by atoms with van der Waals surface area (Å²) in [5.41, 5.74) is 2.34. The summed E-state index contributed by atoms with van der Waals surface area (Å²) < 4.78 is 0. The van der Waals surface area contributed by atoms with Gasteiger partial charge in [-0.15, -0.1) is 0 Å². The van der Waals surface area contributed by atoms with Crippen LogP contribution in [0.2, 0.25) is 0 Å². The molecule has 1 aliphatic heterocycles. The third-order valence-corrected chi connectivity index (χ3v) is 5.97. The molecule has 188 valence electrons. The molecule has 2 amide bonds. The van der Waals surface area contributed by atoms with Crippen LogP contribution in [0.25, 0.3) is 0 Å². The maximum Gasteiger partial charge on any atom is 0.326 e. The van der Waals surface area contributed by atoms with Crippen molar-refractivity contribution in [3.63, 3.8) is 0 Å². The highest BCUT2D eigenvalue weighted by Gasteiger charge is 2.26. The zero-order valence-corrected chi connectivity index (χ0v) is 19.9. The normalized spacial score (nSPS) is 15.7. The number of hydrogen-bond acceptors (Lipinski definition) is 7. The molecule has 0 saturated carbocycles. The number of aliphatic carboxylic acids is 1. The molecule has 1 saturated heterocycles. The number of aliphatic hydroxyl groups excluding tert-OH is 1. The van der Waals surface area contributed by atoms with Gasteiger partial charge in [-0.05, 0) is 50.9 Å².